The van der Waals surface area contributed by atoms with Crippen LogP contribution in [0.1, 0.15) is 37.6 Å². The number of carbonyl (C=O) groups excluding carboxylic acids is 1. The molecule has 0 saturated heterocycles. The first-order valence-electron chi connectivity index (χ1n) is 8.31. The van der Waals surface area contributed by atoms with Gasteiger partial charge in [0.1, 0.15) is 5.75 Å². The summed E-state index contributed by atoms with van der Waals surface area (Å²) in [6.45, 7) is 7.54. The molecule has 24 heavy (non-hydrogen) atoms. The number of benzene rings is 1. The Bertz CT molecular complexity index is 654. The zero-order chi connectivity index (χ0) is 17.4. The fraction of sp³-hybridized carbons (Fsp3) is 0.368. The molecule has 2 aromatic rings. The molecule has 5 nitrogen and oxygen atoms in total. The Hall–Kier alpha value is -2.56. The summed E-state index contributed by atoms with van der Waals surface area (Å²) in [6.07, 6.45) is 4.23. The van der Waals surface area contributed by atoms with Crippen molar-refractivity contribution in [3.05, 3.63) is 48.3 Å². The predicted octanol–water partition coefficient (Wildman–Crippen LogP) is 4.00. The van der Waals surface area contributed by atoms with E-state index >= 15 is 0 Å². The van der Waals surface area contributed by atoms with Crippen LogP contribution in [-0.4, -0.2) is 24.0 Å². The molecule has 2 rings (SSSR count). The lowest BCUT2D eigenvalue weighted by Crippen LogP contribution is -2.25. The lowest BCUT2D eigenvalue weighted by Gasteiger charge is -2.10. The Morgan fingerprint density at radius 2 is 1.92 bits per heavy atom. The Balaban J connectivity index is 1.97. The Labute approximate surface area is 143 Å². The van der Waals surface area contributed by atoms with Crippen LogP contribution >= 0.6 is 0 Å². The van der Waals surface area contributed by atoms with Crippen molar-refractivity contribution in [1.29, 1.82) is 0 Å². The highest BCUT2D eigenvalue weighted by Crippen LogP contribution is 2.20. The number of hydrogen-bond acceptors (Lipinski definition) is 4. The second-order valence-electron chi connectivity index (χ2n) is 5.98. The van der Waals surface area contributed by atoms with Crippen molar-refractivity contribution in [3.8, 4) is 5.75 Å². The van der Waals surface area contributed by atoms with Crippen LogP contribution in [0.4, 0.5) is 11.4 Å². The highest BCUT2D eigenvalue weighted by Gasteiger charge is 2.07. The van der Waals surface area contributed by atoms with Crippen LogP contribution in [0.2, 0.25) is 0 Å². The summed E-state index contributed by atoms with van der Waals surface area (Å²) in [7, 11) is 0. The molecule has 128 valence electrons. The molecule has 1 aromatic carbocycles. The van der Waals surface area contributed by atoms with Gasteiger partial charge in [-0.15, -0.1) is 0 Å². The first-order valence-corrected chi connectivity index (χ1v) is 8.31. The molecule has 0 unspecified atom stereocenters. The van der Waals surface area contributed by atoms with E-state index in [-0.39, 0.29) is 5.91 Å². The van der Waals surface area contributed by atoms with Crippen molar-refractivity contribution >= 4 is 17.3 Å². The van der Waals surface area contributed by atoms with E-state index in [1.54, 1.807) is 18.5 Å². The third kappa shape index (κ3) is 5.57. The highest BCUT2D eigenvalue weighted by atomic mass is 16.5. The van der Waals surface area contributed by atoms with Crippen molar-refractivity contribution in [2.45, 2.75) is 27.2 Å². The number of amides is 1. The first-order chi connectivity index (χ1) is 11.6. The van der Waals surface area contributed by atoms with Crippen LogP contribution in [0, 0.1) is 5.92 Å². The Kier molecular flexibility index (Phi) is 6.61. The molecule has 0 saturated carbocycles. The van der Waals surface area contributed by atoms with Gasteiger partial charge >= 0.3 is 0 Å². The SMILES string of the molecule is CCOc1ccc(Nc2cncc(C(=O)NCCC(C)C)c2)cc1. The number of nitrogens with one attached hydrogen (secondary N) is 2. The van der Waals surface area contributed by atoms with E-state index in [0.717, 1.165) is 23.5 Å². The molecule has 0 spiro atoms. The molecule has 0 atom stereocenters. The van der Waals surface area contributed by atoms with Gasteiger partial charge in [0.25, 0.3) is 5.91 Å². The van der Waals surface area contributed by atoms with E-state index in [4.69, 9.17) is 4.74 Å². The standard InChI is InChI=1S/C19H25N3O2/c1-4-24-18-7-5-16(6-8-18)22-17-11-15(12-20-13-17)19(23)21-10-9-14(2)3/h5-8,11-14,22H,4,9-10H2,1-3H3,(H,21,23). The van der Waals surface area contributed by atoms with E-state index in [0.29, 0.717) is 24.6 Å². The normalized spacial score (nSPS) is 10.5. The average molecular weight is 327 g/mol. The third-order valence-electron chi connectivity index (χ3n) is 3.46. The van der Waals surface area contributed by atoms with E-state index in [1.807, 2.05) is 31.2 Å². The van der Waals surface area contributed by atoms with E-state index in [9.17, 15) is 4.79 Å². The maximum absolute atomic E-state index is 12.2. The van der Waals surface area contributed by atoms with Crippen molar-refractivity contribution in [2.24, 2.45) is 5.92 Å². The zero-order valence-corrected chi connectivity index (χ0v) is 14.5. The third-order valence-corrected chi connectivity index (χ3v) is 3.46. The first kappa shape index (κ1) is 17.8. The monoisotopic (exact) mass is 327 g/mol. The topological polar surface area (TPSA) is 63.2 Å². The van der Waals surface area contributed by atoms with Gasteiger partial charge in [-0.25, -0.2) is 0 Å². The summed E-state index contributed by atoms with van der Waals surface area (Å²) >= 11 is 0. The summed E-state index contributed by atoms with van der Waals surface area (Å²) in [4.78, 5) is 16.3. The number of carbonyl (C=O) groups is 1. The van der Waals surface area contributed by atoms with Gasteiger partial charge < -0.3 is 15.4 Å². The quantitative estimate of drug-likeness (QED) is 0.769. The zero-order valence-electron chi connectivity index (χ0n) is 14.5. The van der Waals surface area contributed by atoms with Crippen LogP contribution in [-0.2, 0) is 0 Å². The number of hydrogen-bond donors (Lipinski definition) is 2. The van der Waals surface area contributed by atoms with Crippen molar-refractivity contribution in [1.82, 2.24) is 10.3 Å². The van der Waals surface area contributed by atoms with Gasteiger partial charge in [0, 0.05) is 18.4 Å². The molecule has 0 fully saturated rings. The van der Waals surface area contributed by atoms with E-state index in [1.165, 1.54) is 0 Å². The van der Waals surface area contributed by atoms with E-state index < -0.39 is 0 Å². The fourth-order valence-electron chi connectivity index (χ4n) is 2.18. The summed E-state index contributed by atoms with van der Waals surface area (Å²) in [6, 6.07) is 9.47. The molecule has 1 aromatic heterocycles. The molecule has 2 N–H and O–H groups in total. The minimum atomic E-state index is -0.0986. The van der Waals surface area contributed by atoms with Gasteiger partial charge in [-0.05, 0) is 49.6 Å². The molecular formula is C19H25N3O2. The Morgan fingerprint density at radius 3 is 2.58 bits per heavy atom. The van der Waals surface area contributed by atoms with Gasteiger partial charge in [0.05, 0.1) is 24.1 Å². The predicted molar refractivity (Wildman–Crippen MR) is 96.9 cm³/mol. The molecule has 0 aliphatic rings. The lowest BCUT2D eigenvalue weighted by atomic mass is 10.1. The van der Waals surface area contributed by atoms with Crippen molar-refractivity contribution < 1.29 is 9.53 Å². The number of pyridine rings is 1. The van der Waals surface area contributed by atoms with Crippen molar-refractivity contribution in [3.63, 3.8) is 0 Å². The summed E-state index contributed by atoms with van der Waals surface area (Å²) in [5.74, 6) is 1.30. The maximum atomic E-state index is 12.2. The van der Waals surface area contributed by atoms with Gasteiger partial charge in [-0.2, -0.15) is 0 Å². The van der Waals surface area contributed by atoms with Crippen LogP contribution in [0.3, 0.4) is 0 Å². The number of rotatable bonds is 8. The second kappa shape index (κ2) is 8.91. The van der Waals surface area contributed by atoms with Gasteiger partial charge in [-0.3, -0.25) is 9.78 Å². The van der Waals surface area contributed by atoms with Crippen LogP contribution < -0.4 is 15.4 Å². The van der Waals surface area contributed by atoms with Gasteiger partial charge in [0.15, 0.2) is 0 Å². The molecular weight excluding hydrogens is 302 g/mol. The highest BCUT2D eigenvalue weighted by molar-refractivity contribution is 5.94. The molecule has 5 heteroatoms. The molecule has 0 bridgehead atoms. The Morgan fingerprint density at radius 1 is 1.17 bits per heavy atom. The number of ether oxygens (including phenoxy) is 1. The second-order valence-corrected chi connectivity index (χ2v) is 5.98. The smallest absolute Gasteiger partial charge is 0.252 e. The molecule has 1 heterocycles. The van der Waals surface area contributed by atoms with Crippen LogP contribution in [0.15, 0.2) is 42.7 Å². The molecule has 0 aliphatic carbocycles. The van der Waals surface area contributed by atoms with Crippen LogP contribution in [0.25, 0.3) is 0 Å². The number of anilines is 2. The molecule has 0 radical (unpaired) electrons. The molecule has 1 amide bonds. The average Bonchev–Trinajstić information content (AvgIpc) is 2.57. The number of nitrogens with zero attached hydrogens (tertiary/aromatic N) is 1. The van der Waals surface area contributed by atoms with Crippen LogP contribution in [0.5, 0.6) is 5.75 Å². The minimum Gasteiger partial charge on any atom is -0.494 e. The molecule has 0 aliphatic heterocycles. The summed E-state index contributed by atoms with van der Waals surface area (Å²) in [5, 5.41) is 6.16. The minimum absolute atomic E-state index is 0.0986. The fourth-order valence-corrected chi connectivity index (χ4v) is 2.18. The van der Waals surface area contributed by atoms with Gasteiger partial charge in [-0.1, -0.05) is 13.8 Å². The largest absolute Gasteiger partial charge is 0.494 e. The lowest BCUT2D eigenvalue weighted by molar-refractivity contribution is 0.0951. The maximum Gasteiger partial charge on any atom is 0.252 e. The van der Waals surface area contributed by atoms with Gasteiger partial charge in [0.2, 0.25) is 0 Å². The van der Waals surface area contributed by atoms with E-state index in [2.05, 4.69) is 29.5 Å². The van der Waals surface area contributed by atoms with Crippen molar-refractivity contribution in [2.75, 3.05) is 18.5 Å². The number of aromatic nitrogens is 1. The summed E-state index contributed by atoms with van der Waals surface area (Å²) < 4.78 is 5.42. The summed E-state index contributed by atoms with van der Waals surface area (Å²) in [5.41, 5.74) is 2.24.